The van der Waals surface area contributed by atoms with Gasteiger partial charge in [-0.1, -0.05) is 29.8 Å². The molecule has 152 valence electrons. The molecule has 30 heavy (non-hydrogen) atoms. The molecule has 1 aliphatic heterocycles. The fourth-order valence-electron chi connectivity index (χ4n) is 2.87. The molecule has 2 aromatic carbocycles. The lowest BCUT2D eigenvalue weighted by Gasteiger charge is -2.26. The van der Waals surface area contributed by atoms with E-state index in [-0.39, 0.29) is 22.8 Å². The number of amides is 1. The Morgan fingerprint density at radius 1 is 1.07 bits per heavy atom. The second kappa shape index (κ2) is 7.85. The predicted molar refractivity (Wildman–Crippen MR) is 111 cm³/mol. The van der Waals surface area contributed by atoms with Crippen molar-refractivity contribution < 1.29 is 17.6 Å². The summed E-state index contributed by atoms with van der Waals surface area (Å²) in [6.07, 6.45) is 1.43. The largest absolute Gasteiger partial charge is 0.346 e. The highest BCUT2D eigenvalue weighted by Crippen LogP contribution is 2.35. The van der Waals surface area contributed by atoms with Crippen LogP contribution in [0.4, 0.5) is 15.9 Å². The van der Waals surface area contributed by atoms with Crippen LogP contribution in [0.2, 0.25) is 5.02 Å². The summed E-state index contributed by atoms with van der Waals surface area (Å²) in [5, 5.41) is 7.50. The molecule has 1 aliphatic rings. The monoisotopic (exact) mass is 444 g/mol. The maximum Gasteiger partial charge on any atom is 0.284 e. The molecule has 2 heterocycles. The molecular weight excluding hydrogens is 431 g/mol. The van der Waals surface area contributed by atoms with Gasteiger partial charge in [0.25, 0.3) is 5.91 Å². The van der Waals surface area contributed by atoms with Gasteiger partial charge in [0.1, 0.15) is 10.7 Å². The number of anilines is 2. The van der Waals surface area contributed by atoms with Crippen molar-refractivity contribution in [3.63, 3.8) is 0 Å². The molecule has 4 rings (SSSR count). The van der Waals surface area contributed by atoms with Gasteiger partial charge in [0.05, 0.1) is 5.69 Å². The third kappa shape index (κ3) is 3.64. The van der Waals surface area contributed by atoms with Crippen molar-refractivity contribution >= 4 is 43.9 Å². The minimum atomic E-state index is -4.23. The number of rotatable bonds is 4. The maximum absolute atomic E-state index is 13.8. The standard InChI is InChI=1S/C20H14ClFN4O3S/c21-14-7-9-15(10-8-14)26-18-17(6-3-11-23-18)30(28,29)20(25-26)19(27)24-12-13-4-1-2-5-16(13)22/h1-11H,12H2,(H,24,27). The van der Waals surface area contributed by atoms with Crippen LogP contribution in [0.3, 0.4) is 0 Å². The Bertz CT molecular complexity index is 1260. The molecule has 0 aliphatic carbocycles. The number of carbonyl (C=O) groups excluding carboxylic acids is 1. The Morgan fingerprint density at radius 2 is 1.80 bits per heavy atom. The zero-order valence-electron chi connectivity index (χ0n) is 15.3. The molecular formula is C20H14ClFN4O3S. The topological polar surface area (TPSA) is 91.7 Å². The Kier molecular flexibility index (Phi) is 5.23. The summed E-state index contributed by atoms with van der Waals surface area (Å²) in [5.74, 6) is -1.40. The van der Waals surface area contributed by atoms with Crippen LogP contribution >= 0.6 is 11.6 Å². The van der Waals surface area contributed by atoms with Crippen molar-refractivity contribution in [1.29, 1.82) is 0 Å². The molecule has 1 aromatic heterocycles. The van der Waals surface area contributed by atoms with Crippen LogP contribution in [0.5, 0.6) is 0 Å². The molecule has 0 unspecified atom stereocenters. The smallest absolute Gasteiger partial charge is 0.284 e. The van der Waals surface area contributed by atoms with E-state index >= 15 is 0 Å². The van der Waals surface area contributed by atoms with Crippen LogP contribution in [0.25, 0.3) is 0 Å². The lowest BCUT2D eigenvalue weighted by atomic mass is 10.2. The molecule has 1 amide bonds. The number of sulfone groups is 1. The minimum absolute atomic E-state index is 0.0606. The van der Waals surface area contributed by atoms with Crippen LogP contribution in [0.1, 0.15) is 5.56 Å². The van der Waals surface area contributed by atoms with E-state index in [0.717, 1.165) is 0 Å². The number of nitrogens with one attached hydrogen (secondary N) is 1. The molecule has 0 radical (unpaired) electrons. The first-order valence-corrected chi connectivity index (χ1v) is 10.6. The zero-order valence-corrected chi connectivity index (χ0v) is 16.9. The van der Waals surface area contributed by atoms with Crippen molar-refractivity contribution in [3.05, 3.63) is 83.3 Å². The van der Waals surface area contributed by atoms with Crippen LogP contribution in [0, 0.1) is 5.82 Å². The second-order valence-corrected chi connectivity index (χ2v) is 8.57. The summed E-state index contributed by atoms with van der Waals surface area (Å²) in [5.41, 5.74) is 0.685. The summed E-state index contributed by atoms with van der Waals surface area (Å²) >= 11 is 5.93. The van der Waals surface area contributed by atoms with Crippen LogP contribution < -0.4 is 10.3 Å². The van der Waals surface area contributed by atoms with Gasteiger partial charge in [-0.2, -0.15) is 0 Å². The lowest BCUT2D eigenvalue weighted by molar-refractivity contribution is -0.114. The van der Waals surface area contributed by atoms with Gasteiger partial charge in [0.15, 0.2) is 5.82 Å². The number of hydrogen-bond acceptors (Lipinski definition) is 6. The van der Waals surface area contributed by atoms with Gasteiger partial charge in [-0.3, -0.25) is 4.79 Å². The Morgan fingerprint density at radius 3 is 2.53 bits per heavy atom. The van der Waals surface area contributed by atoms with E-state index in [1.54, 1.807) is 30.3 Å². The Labute approximate surface area is 176 Å². The molecule has 0 saturated carbocycles. The van der Waals surface area contributed by atoms with Gasteiger partial charge in [0, 0.05) is 23.3 Å². The first-order chi connectivity index (χ1) is 14.4. The van der Waals surface area contributed by atoms with Crippen molar-refractivity contribution in [2.24, 2.45) is 5.10 Å². The van der Waals surface area contributed by atoms with Gasteiger partial charge < -0.3 is 5.32 Å². The molecule has 0 saturated heterocycles. The fraction of sp³-hybridized carbons (Fsp3) is 0.0500. The number of aromatic nitrogens is 1. The van der Waals surface area contributed by atoms with Crippen molar-refractivity contribution in [2.75, 3.05) is 5.01 Å². The average Bonchev–Trinajstić information content (AvgIpc) is 2.74. The Hall–Kier alpha value is -3.30. The van der Waals surface area contributed by atoms with E-state index in [2.05, 4.69) is 15.4 Å². The van der Waals surface area contributed by atoms with Crippen LogP contribution in [-0.2, 0) is 21.2 Å². The number of pyridine rings is 1. The van der Waals surface area contributed by atoms with Gasteiger partial charge >= 0.3 is 0 Å². The van der Waals surface area contributed by atoms with Gasteiger partial charge in [-0.15, -0.1) is 5.10 Å². The lowest BCUT2D eigenvalue weighted by Crippen LogP contribution is -2.40. The number of nitrogens with zero attached hydrogens (tertiary/aromatic N) is 3. The molecule has 0 bridgehead atoms. The van der Waals surface area contributed by atoms with E-state index in [1.807, 2.05) is 0 Å². The van der Waals surface area contributed by atoms with Crippen LogP contribution in [-0.4, -0.2) is 24.4 Å². The number of hydrazone groups is 1. The minimum Gasteiger partial charge on any atom is -0.346 e. The van der Waals surface area contributed by atoms with E-state index < -0.39 is 26.6 Å². The van der Waals surface area contributed by atoms with Crippen LogP contribution in [0.15, 0.2) is 76.9 Å². The fourth-order valence-corrected chi connectivity index (χ4v) is 4.35. The van der Waals surface area contributed by atoms with Crippen molar-refractivity contribution in [3.8, 4) is 0 Å². The molecule has 0 spiro atoms. The molecule has 0 fully saturated rings. The predicted octanol–water partition coefficient (Wildman–Crippen LogP) is 3.43. The molecule has 1 N–H and O–H groups in total. The van der Waals surface area contributed by atoms with Gasteiger partial charge in [0.2, 0.25) is 14.9 Å². The summed E-state index contributed by atoms with van der Waals surface area (Å²) in [7, 11) is -4.23. The van der Waals surface area contributed by atoms with Gasteiger partial charge in [-0.05, 0) is 42.5 Å². The molecule has 10 heteroatoms. The third-order valence-electron chi connectivity index (χ3n) is 4.35. The highest BCUT2D eigenvalue weighted by atomic mass is 35.5. The number of carbonyl (C=O) groups is 1. The molecule has 3 aromatic rings. The summed E-state index contributed by atoms with van der Waals surface area (Å²) < 4.78 is 39.8. The SMILES string of the molecule is O=C(NCc1ccccc1F)C1=NN(c2ccc(Cl)cc2)c2ncccc2S1(=O)=O. The van der Waals surface area contributed by atoms with Crippen molar-refractivity contribution in [1.82, 2.24) is 10.3 Å². The van der Waals surface area contributed by atoms with E-state index in [9.17, 15) is 17.6 Å². The highest BCUT2D eigenvalue weighted by molar-refractivity contribution is 8.08. The van der Waals surface area contributed by atoms with Gasteiger partial charge in [-0.25, -0.2) is 22.8 Å². The maximum atomic E-state index is 13.8. The number of hydrogen-bond donors (Lipinski definition) is 1. The van der Waals surface area contributed by atoms with E-state index in [0.29, 0.717) is 10.7 Å². The quantitative estimate of drug-likeness (QED) is 0.665. The summed E-state index contributed by atoms with van der Waals surface area (Å²) in [6, 6.07) is 15.1. The van der Waals surface area contributed by atoms with Crippen molar-refractivity contribution in [2.45, 2.75) is 11.4 Å². The average molecular weight is 445 g/mol. The Balaban J connectivity index is 1.73. The number of halogens is 2. The first kappa shape index (κ1) is 20.0. The third-order valence-corrected chi connectivity index (χ3v) is 6.27. The number of benzene rings is 2. The van der Waals surface area contributed by atoms with E-state index in [4.69, 9.17) is 11.6 Å². The first-order valence-electron chi connectivity index (χ1n) is 8.74. The zero-order chi connectivity index (χ0) is 21.3. The number of fused-ring (bicyclic) bond motifs is 1. The van der Waals surface area contributed by atoms with E-state index in [1.165, 1.54) is 41.5 Å². The molecule has 0 atom stereocenters. The second-order valence-electron chi connectivity index (χ2n) is 6.30. The summed E-state index contributed by atoms with van der Waals surface area (Å²) in [6.45, 7) is -0.194. The molecule has 7 nitrogen and oxygen atoms in total. The normalized spacial score (nSPS) is 14.6. The highest BCUT2D eigenvalue weighted by Gasteiger charge is 2.38. The summed E-state index contributed by atoms with van der Waals surface area (Å²) in [4.78, 5) is 16.7.